The number of rotatable bonds is 3. The number of fused-ring (bicyclic) bond motifs is 1. The van der Waals surface area contributed by atoms with Gasteiger partial charge >= 0.3 is 5.97 Å². The molecule has 17 heavy (non-hydrogen) atoms. The minimum absolute atomic E-state index is 0.211. The number of esters is 1. The number of ether oxygens (including phenoxy) is 1. The van der Waals surface area contributed by atoms with Crippen molar-refractivity contribution in [1.82, 2.24) is 4.98 Å². The molecule has 0 spiro atoms. The molecule has 2 rings (SSSR count). The van der Waals surface area contributed by atoms with E-state index in [-0.39, 0.29) is 12.5 Å². The average Bonchev–Trinajstić information content (AvgIpc) is 2.73. The smallest absolute Gasteiger partial charge is 0.314 e. The second-order valence-corrected chi connectivity index (χ2v) is 4.18. The molecule has 1 atom stereocenters. The van der Waals surface area contributed by atoms with Gasteiger partial charge in [0.05, 0.1) is 13.0 Å². The number of hydrogen-bond acceptors (Lipinski definition) is 3. The molecule has 2 aromatic rings. The van der Waals surface area contributed by atoms with Crippen LogP contribution in [0.5, 0.6) is 0 Å². The Kier molecular flexibility index (Phi) is 3.36. The van der Waals surface area contributed by atoms with E-state index in [4.69, 9.17) is 22.1 Å². The number of halogens is 1. The van der Waals surface area contributed by atoms with Gasteiger partial charge in [-0.15, -0.1) is 0 Å². The van der Waals surface area contributed by atoms with E-state index in [1.54, 1.807) is 12.3 Å². The highest BCUT2D eigenvalue weighted by Crippen LogP contribution is 2.27. The predicted octanol–water partition coefficient (Wildman–Crippen LogP) is 2.04. The Hall–Kier alpha value is -1.52. The maximum absolute atomic E-state index is 11.6. The topological polar surface area (TPSA) is 68.1 Å². The van der Waals surface area contributed by atoms with Crippen LogP contribution in [0.3, 0.4) is 0 Å². The zero-order valence-electron chi connectivity index (χ0n) is 9.37. The van der Waals surface area contributed by atoms with Gasteiger partial charge in [0.15, 0.2) is 0 Å². The van der Waals surface area contributed by atoms with Gasteiger partial charge in [-0.25, -0.2) is 0 Å². The highest BCUT2D eigenvalue weighted by atomic mass is 35.5. The lowest BCUT2D eigenvalue weighted by molar-refractivity contribution is -0.142. The second kappa shape index (κ2) is 4.77. The van der Waals surface area contributed by atoms with Crippen molar-refractivity contribution in [1.29, 1.82) is 0 Å². The fourth-order valence-electron chi connectivity index (χ4n) is 1.90. The van der Waals surface area contributed by atoms with Gasteiger partial charge in [0, 0.05) is 28.7 Å². The lowest BCUT2D eigenvalue weighted by atomic mass is 9.99. The molecule has 0 aliphatic rings. The maximum Gasteiger partial charge on any atom is 0.314 e. The molecule has 0 saturated heterocycles. The summed E-state index contributed by atoms with van der Waals surface area (Å²) in [4.78, 5) is 14.7. The van der Waals surface area contributed by atoms with E-state index in [2.05, 4.69) is 4.98 Å². The molecule has 90 valence electrons. The summed E-state index contributed by atoms with van der Waals surface area (Å²) in [5, 5.41) is 1.59. The summed E-state index contributed by atoms with van der Waals surface area (Å²) in [5.41, 5.74) is 7.34. The number of aromatic nitrogens is 1. The van der Waals surface area contributed by atoms with E-state index in [9.17, 15) is 4.79 Å². The minimum atomic E-state index is -0.449. The number of methoxy groups -OCH3 is 1. The van der Waals surface area contributed by atoms with Crippen LogP contribution in [0.15, 0.2) is 24.4 Å². The number of nitrogens with one attached hydrogen (secondary N) is 1. The highest BCUT2D eigenvalue weighted by Gasteiger charge is 2.22. The molecule has 1 heterocycles. The average molecular weight is 253 g/mol. The SMILES string of the molecule is COC(=O)[C@H](CN)c1c[nH]c2cc(Cl)ccc12. The Balaban J connectivity index is 2.51. The number of H-pyrrole nitrogens is 1. The van der Waals surface area contributed by atoms with Crippen molar-refractivity contribution in [3.63, 3.8) is 0 Å². The van der Waals surface area contributed by atoms with Crippen LogP contribution in [0.4, 0.5) is 0 Å². The third-order valence-corrected chi connectivity index (χ3v) is 3.01. The van der Waals surface area contributed by atoms with Crippen LogP contribution in [0, 0.1) is 0 Å². The van der Waals surface area contributed by atoms with Gasteiger partial charge in [-0.05, 0) is 17.7 Å². The summed E-state index contributed by atoms with van der Waals surface area (Å²) >= 11 is 5.89. The molecule has 0 bridgehead atoms. The van der Waals surface area contributed by atoms with E-state index in [0.29, 0.717) is 5.02 Å². The molecule has 3 N–H and O–H groups in total. The number of carbonyl (C=O) groups excluding carboxylic acids is 1. The van der Waals surface area contributed by atoms with Crippen LogP contribution in [0.25, 0.3) is 10.9 Å². The van der Waals surface area contributed by atoms with Crippen LogP contribution in [0.1, 0.15) is 11.5 Å². The molecular formula is C12H13ClN2O2. The zero-order valence-corrected chi connectivity index (χ0v) is 10.1. The van der Waals surface area contributed by atoms with Gasteiger partial charge in [-0.3, -0.25) is 4.79 Å². The summed E-state index contributed by atoms with van der Waals surface area (Å²) in [5.74, 6) is -0.779. The van der Waals surface area contributed by atoms with Gasteiger partial charge in [0.2, 0.25) is 0 Å². The van der Waals surface area contributed by atoms with Crippen molar-refractivity contribution in [2.75, 3.05) is 13.7 Å². The van der Waals surface area contributed by atoms with Crippen molar-refractivity contribution in [3.05, 3.63) is 35.0 Å². The first-order chi connectivity index (χ1) is 8.17. The monoisotopic (exact) mass is 252 g/mol. The molecule has 4 nitrogen and oxygen atoms in total. The van der Waals surface area contributed by atoms with E-state index in [1.165, 1.54) is 7.11 Å². The molecule has 5 heteroatoms. The van der Waals surface area contributed by atoms with Crippen molar-refractivity contribution < 1.29 is 9.53 Å². The number of nitrogens with two attached hydrogens (primary N) is 1. The van der Waals surface area contributed by atoms with Crippen LogP contribution < -0.4 is 5.73 Å². The number of hydrogen-bond donors (Lipinski definition) is 2. The van der Waals surface area contributed by atoms with E-state index >= 15 is 0 Å². The molecule has 0 fully saturated rings. The van der Waals surface area contributed by atoms with Crippen molar-refractivity contribution in [2.24, 2.45) is 5.73 Å². The van der Waals surface area contributed by atoms with Gasteiger partial charge in [0.1, 0.15) is 0 Å². The lowest BCUT2D eigenvalue weighted by Crippen LogP contribution is -2.22. The Morgan fingerprint density at radius 1 is 1.59 bits per heavy atom. The minimum Gasteiger partial charge on any atom is -0.469 e. The maximum atomic E-state index is 11.6. The Labute approximate surface area is 104 Å². The van der Waals surface area contributed by atoms with Gasteiger partial charge < -0.3 is 15.5 Å². The summed E-state index contributed by atoms with van der Waals surface area (Å²) in [7, 11) is 1.36. The third kappa shape index (κ3) is 2.14. The quantitative estimate of drug-likeness (QED) is 0.822. The molecule has 1 aromatic heterocycles. The normalized spacial score (nSPS) is 12.6. The van der Waals surface area contributed by atoms with Crippen molar-refractivity contribution in [3.8, 4) is 0 Å². The van der Waals surface area contributed by atoms with Gasteiger partial charge in [-0.2, -0.15) is 0 Å². The first-order valence-corrected chi connectivity index (χ1v) is 5.59. The largest absolute Gasteiger partial charge is 0.469 e. The first-order valence-electron chi connectivity index (χ1n) is 5.21. The number of benzene rings is 1. The van der Waals surface area contributed by atoms with Crippen LogP contribution >= 0.6 is 11.6 Å². The standard InChI is InChI=1S/C12H13ClN2O2/c1-17-12(16)9(5-14)10-6-15-11-4-7(13)2-3-8(10)11/h2-4,6,9,15H,5,14H2,1H3/t9-/m1/s1. The molecule has 1 aromatic carbocycles. The molecule has 0 saturated carbocycles. The fourth-order valence-corrected chi connectivity index (χ4v) is 2.07. The molecular weight excluding hydrogens is 240 g/mol. The van der Waals surface area contributed by atoms with Gasteiger partial charge in [0.25, 0.3) is 0 Å². The summed E-state index contributed by atoms with van der Waals surface area (Å²) in [6.07, 6.45) is 1.77. The van der Waals surface area contributed by atoms with Crippen LogP contribution in [0.2, 0.25) is 5.02 Å². The van der Waals surface area contributed by atoms with E-state index in [1.807, 2.05) is 12.1 Å². The molecule has 0 unspecified atom stereocenters. The third-order valence-electron chi connectivity index (χ3n) is 2.77. The highest BCUT2D eigenvalue weighted by molar-refractivity contribution is 6.31. The van der Waals surface area contributed by atoms with Crippen molar-refractivity contribution >= 4 is 28.5 Å². The summed E-state index contributed by atoms with van der Waals surface area (Å²) < 4.78 is 4.74. The fraction of sp³-hybridized carbons (Fsp3) is 0.250. The molecule has 0 aliphatic heterocycles. The number of carbonyl (C=O) groups is 1. The Bertz CT molecular complexity index is 550. The summed E-state index contributed by atoms with van der Waals surface area (Å²) in [6, 6.07) is 5.46. The molecule has 0 aliphatic carbocycles. The molecule has 0 amide bonds. The zero-order chi connectivity index (χ0) is 12.4. The predicted molar refractivity (Wildman–Crippen MR) is 67.1 cm³/mol. The van der Waals surface area contributed by atoms with Gasteiger partial charge in [-0.1, -0.05) is 17.7 Å². The Morgan fingerprint density at radius 2 is 2.35 bits per heavy atom. The summed E-state index contributed by atoms with van der Waals surface area (Å²) in [6.45, 7) is 0.211. The van der Waals surface area contributed by atoms with E-state index < -0.39 is 5.92 Å². The Morgan fingerprint density at radius 3 is 3.00 bits per heavy atom. The van der Waals surface area contributed by atoms with Crippen LogP contribution in [-0.4, -0.2) is 24.6 Å². The number of aromatic amines is 1. The van der Waals surface area contributed by atoms with Crippen LogP contribution in [-0.2, 0) is 9.53 Å². The molecule has 0 radical (unpaired) electrons. The first kappa shape index (κ1) is 12.0. The second-order valence-electron chi connectivity index (χ2n) is 3.75. The lowest BCUT2D eigenvalue weighted by Gasteiger charge is -2.11. The van der Waals surface area contributed by atoms with E-state index in [0.717, 1.165) is 16.5 Å². The van der Waals surface area contributed by atoms with Crippen molar-refractivity contribution in [2.45, 2.75) is 5.92 Å².